The number of H-pyrrole nitrogens is 1. The third-order valence-corrected chi connectivity index (χ3v) is 7.43. The van der Waals surface area contributed by atoms with E-state index in [0.717, 1.165) is 40.6 Å². The minimum Gasteiger partial charge on any atom is -0.489 e. The molecule has 4 heterocycles. The van der Waals surface area contributed by atoms with Crippen molar-refractivity contribution in [3.8, 4) is 16.9 Å². The number of fused-ring (bicyclic) bond motifs is 1. The quantitative estimate of drug-likeness (QED) is 0.334. The Morgan fingerprint density at radius 1 is 1.07 bits per heavy atom. The van der Waals surface area contributed by atoms with Crippen LogP contribution in [0.25, 0.3) is 22.0 Å². The third-order valence-electron chi connectivity index (χ3n) is 7.43. The highest BCUT2D eigenvalue weighted by Gasteiger charge is 2.24. The van der Waals surface area contributed by atoms with Crippen LogP contribution in [-0.2, 0) is 4.74 Å². The highest BCUT2D eigenvalue weighted by atomic mass is 19.1. The number of nitrogen functional groups attached to an aromatic ring is 1. The van der Waals surface area contributed by atoms with Crippen molar-refractivity contribution < 1.29 is 18.7 Å². The van der Waals surface area contributed by atoms with Crippen molar-refractivity contribution in [1.82, 2.24) is 25.5 Å². The molecule has 6 rings (SSSR count). The molecule has 2 aliphatic rings. The number of carbonyl (C=O) groups excluding carboxylic acids is 1. The van der Waals surface area contributed by atoms with Crippen LogP contribution >= 0.6 is 0 Å². The SMILES string of the molecule is CNC(=O)c1ccc(-c2cc(OC3CCOCC3)c3c(N)n[nH]c3c2)cc1N1CCN(c2ncc(F)cn2)CC1. The van der Waals surface area contributed by atoms with Crippen molar-refractivity contribution in [2.45, 2.75) is 18.9 Å². The van der Waals surface area contributed by atoms with Gasteiger partial charge in [-0.25, -0.2) is 14.4 Å². The molecule has 1 amide bonds. The highest BCUT2D eigenvalue weighted by Crippen LogP contribution is 2.38. The fourth-order valence-corrected chi connectivity index (χ4v) is 5.29. The second-order valence-corrected chi connectivity index (χ2v) is 9.92. The fraction of sp³-hybridized carbons (Fsp3) is 0.357. The van der Waals surface area contributed by atoms with Gasteiger partial charge in [0.05, 0.1) is 47.8 Å². The maximum Gasteiger partial charge on any atom is 0.253 e. The van der Waals surface area contributed by atoms with Gasteiger partial charge in [0.25, 0.3) is 5.91 Å². The molecule has 208 valence electrons. The van der Waals surface area contributed by atoms with Crippen molar-refractivity contribution in [2.24, 2.45) is 0 Å². The first-order valence-corrected chi connectivity index (χ1v) is 13.4. The first-order valence-electron chi connectivity index (χ1n) is 13.4. The van der Waals surface area contributed by atoms with Gasteiger partial charge in [0.15, 0.2) is 11.6 Å². The number of anilines is 3. The second-order valence-electron chi connectivity index (χ2n) is 9.92. The molecule has 11 nitrogen and oxygen atoms in total. The van der Waals surface area contributed by atoms with Crippen LogP contribution < -0.4 is 25.6 Å². The van der Waals surface area contributed by atoms with E-state index >= 15 is 0 Å². The smallest absolute Gasteiger partial charge is 0.253 e. The average molecular weight is 547 g/mol. The number of halogens is 1. The van der Waals surface area contributed by atoms with E-state index in [9.17, 15) is 9.18 Å². The van der Waals surface area contributed by atoms with Crippen molar-refractivity contribution >= 4 is 34.3 Å². The molecule has 0 atom stereocenters. The Morgan fingerprint density at radius 3 is 2.52 bits per heavy atom. The van der Waals surface area contributed by atoms with Gasteiger partial charge in [-0.1, -0.05) is 6.07 Å². The Kier molecular flexibility index (Phi) is 7.08. The molecule has 2 aromatic carbocycles. The van der Waals surface area contributed by atoms with Crippen molar-refractivity contribution in [2.75, 3.05) is 62.0 Å². The van der Waals surface area contributed by atoms with Crippen LogP contribution in [0.3, 0.4) is 0 Å². The number of hydrogen-bond donors (Lipinski definition) is 3. The van der Waals surface area contributed by atoms with Crippen LogP contribution in [0.15, 0.2) is 42.7 Å². The Bertz CT molecular complexity index is 1510. The molecule has 40 heavy (non-hydrogen) atoms. The van der Waals surface area contributed by atoms with Crippen LogP contribution in [0.5, 0.6) is 5.75 Å². The van der Waals surface area contributed by atoms with Crippen LogP contribution in [0.2, 0.25) is 0 Å². The van der Waals surface area contributed by atoms with E-state index in [2.05, 4.69) is 30.4 Å². The number of ether oxygens (including phenoxy) is 2. The number of nitrogens with zero attached hydrogens (tertiary/aromatic N) is 5. The average Bonchev–Trinajstić information content (AvgIpc) is 3.38. The predicted molar refractivity (Wildman–Crippen MR) is 150 cm³/mol. The molecular formula is C28H31FN8O3. The summed E-state index contributed by atoms with van der Waals surface area (Å²) in [6.07, 6.45) is 4.00. The van der Waals surface area contributed by atoms with E-state index in [1.807, 2.05) is 35.2 Å². The van der Waals surface area contributed by atoms with Gasteiger partial charge in [-0.05, 0) is 35.4 Å². The summed E-state index contributed by atoms with van der Waals surface area (Å²) in [7, 11) is 1.63. The van der Waals surface area contributed by atoms with Crippen molar-refractivity contribution in [1.29, 1.82) is 0 Å². The second kappa shape index (κ2) is 11.0. The number of carbonyl (C=O) groups is 1. The third kappa shape index (κ3) is 5.09. The van der Waals surface area contributed by atoms with E-state index in [1.165, 1.54) is 12.4 Å². The number of piperazine rings is 1. The van der Waals surface area contributed by atoms with E-state index in [4.69, 9.17) is 15.2 Å². The maximum absolute atomic E-state index is 13.3. The minimum absolute atomic E-state index is 0.0362. The number of benzene rings is 2. The fourth-order valence-electron chi connectivity index (χ4n) is 5.29. The Morgan fingerprint density at radius 2 is 1.80 bits per heavy atom. The van der Waals surface area contributed by atoms with E-state index < -0.39 is 5.82 Å². The summed E-state index contributed by atoms with van der Waals surface area (Å²) in [6.45, 7) is 3.88. The van der Waals surface area contributed by atoms with Crippen LogP contribution in [-0.4, -0.2) is 78.6 Å². The summed E-state index contributed by atoms with van der Waals surface area (Å²) in [5.74, 6) is 0.932. The molecule has 4 N–H and O–H groups in total. The van der Waals surface area contributed by atoms with E-state index in [0.29, 0.717) is 62.5 Å². The number of aromatic nitrogens is 4. The lowest BCUT2D eigenvalue weighted by molar-refractivity contribution is 0.0262. The number of rotatable bonds is 6. The zero-order chi connectivity index (χ0) is 27.6. The Hall–Kier alpha value is -4.45. The van der Waals surface area contributed by atoms with Gasteiger partial charge in [0.2, 0.25) is 5.95 Å². The molecule has 12 heteroatoms. The van der Waals surface area contributed by atoms with Gasteiger partial charge in [0, 0.05) is 46.1 Å². The number of amides is 1. The number of nitrogens with one attached hydrogen (secondary N) is 2. The summed E-state index contributed by atoms with van der Waals surface area (Å²) in [6, 6.07) is 9.82. The first-order chi connectivity index (χ1) is 19.5. The summed E-state index contributed by atoms with van der Waals surface area (Å²) in [5.41, 5.74) is 10.2. The lowest BCUT2D eigenvalue weighted by atomic mass is 9.99. The Labute approximate surface area is 230 Å². The van der Waals surface area contributed by atoms with Gasteiger partial charge >= 0.3 is 0 Å². The van der Waals surface area contributed by atoms with Gasteiger partial charge in [-0.3, -0.25) is 9.89 Å². The predicted octanol–water partition coefficient (Wildman–Crippen LogP) is 2.99. The van der Waals surface area contributed by atoms with E-state index in [1.54, 1.807) is 7.05 Å². The molecule has 4 aromatic rings. The minimum atomic E-state index is -0.466. The molecule has 2 fully saturated rings. The van der Waals surface area contributed by atoms with Crippen LogP contribution in [0.1, 0.15) is 23.2 Å². The molecule has 2 aliphatic heterocycles. The normalized spacial score (nSPS) is 16.4. The summed E-state index contributed by atoms with van der Waals surface area (Å²) >= 11 is 0. The van der Waals surface area contributed by atoms with Gasteiger partial charge in [-0.2, -0.15) is 5.10 Å². The zero-order valence-electron chi connectivity index (χ0n) is 22.2. The molecule has 0 aliphatic carbocycles. The topological polar surface area (TPSA) is 135 Å². The molecule has 0 unspecified atom stereocenters. The number of hydrogen-bond acceptors (Lipinski definition) is 9. The Balaban J connectivity index is 1.32. The van der Waals surface area contributed by atoms with E-state index in [-0.39, 0.29) is 12.0 Å². The molecule has 0 bridgehead atoms. The molecule has 2 aromatic heterocycles. The van der Waals surface area contributed by atoms with Crippen molar-refractivity contribution in [3.05, 3.63) is 54.1 Å². The van der Waals surface area contributed by atoms with Gasteiger partial charge in [-0.15, -0.1) is 0 Å². The first kappa shape index (κ1) is 25.8. The molecule has 0 spiro atoms. The monoisotopic (exact) mass is 546 g/mol. The molecule has 2 saturated heterocycles. The largest absolute Gasteiger partial charge is 0.489 e. The standard InChI is InChI=1S/C28H31FN8O3/c1-31-27(38)21-3-2-17(13-23(21)36-6-8-37(9-7-36)28-32-15-19(29)16-33-28)18-12-22-25(26(30)35-34-22)24(14-18)40-20-4-10-39-11-5-20/h2-3,12-16,20H,4-11H2,1H3,(H,31,38)(H3,30,34,35). The van der Waals surface area contributed by atoms with Crippen LogP contribution in [0, 0.1) is 5.82 Å². The summed E-state index contributed by atoms with van der Waals surface area (Å²) in [5, 5.41) is 10.7. The number of nitrogens with two attached hydrogens (primary N) is 1. The van der Waals surface area contributed by atoms with Gasteiger partial charge < -0.3 is 30.3 Å². The maximum atomic E-state index is 13.3. The molecule has 0 saturated carbocycles. The lowest BCUT2D eigenvalue weighted by Crippen LogP contribution is -2.47. The highest BCUT2D eigenvalue weighted by molar-refractivity contribution is 6.01. The lowest BCUT2D eigenvalue weighted by Gasteiger charge is -2.37. The summed E-state index contributed by atoms with van der Waals surface area (Å²) < 4.78 is 25.2. The van der Waals surface area contributed by atoms with Crippen LogP contribution in [0.4, 0.5) is 21.8 Å². The van der Waals surface area contributed by atoms with Crippen molar-refractivity contribution in [3.63, 3.8) is 0 Å². The van der Waals surface area contributed by atoms with Gasteiger partial charge in [0.1, 0.15) is 11.9 Å². The molecule has 0 radical (unpaired) electrons. The summed E-state index contributed by atoms with van der Waals surface area (Å²) in [4.78, 5) is 25.2. The number of aromatic amines is 1. The zero-order valence-corrected chi connectivity index (χ0v) is 22.2. The molecular weight excluding hydrogens is 515 g/mol.